The molecule has 45 heavy (non-hydrogen) atoms. The Hall–Kier alpha value is -4.98. The molecule has 1 saturated heterocycles. The van der Waals surface area contributed by atoms with Gasteiger partial charge in [-0.1, -0.05) is 18.2 Å². The molecule has 0 unspecified atom stereocenters. The normalized spacial score (nSPS) is 14.3. The first-order valence-electron chi connectivity index (χ1n) is 14.5. The Labute approximate surface area is 259 Å². The van der Waals surface area contributed by atoms with Gasteiger partial charge in [-0.3, -0.25) is 9.69 Å². The second-order valence-corrected chi connectivity index (χ2v) is 12.6. The van der Waals surface area contributed by atoms with Crippen LogP contribution in [-0.2, 0) is 14.8 Å². The third-order valence-corrected chi connectivity index (χ3v) is 9.65. The van der Waals surface area contributed by atoms with Crippen molar-refractivity contribution in [3.63, 3.8) is 0 Å². The fourth-order valence-electron chi connectivity index (χ4n) is 5.61. The monoisotopic (exact) mass is 625 g/mol. The third-order valence-electron chi connectivity index (χ3n) is 7.91. The van der Waals surface area contributed by atoms with Crippen LogP contribution in [-0.4, -0.2) is 82.3 Å². The number of nitrogens with zero attached hydrogens (tertiary/aromatic N) is 5. The van der Waals surface area contributed by atoms with Crippen molar-refractivity contribution in [3.8, 4) is 11.4 Å². The molecule has 1 fully saturated rings. The van der Waals surface area contributed by atoms with Crippen molar-refractivity contribution < 1.29 is 22.7 Å². The van der Waals surface area contributed by atoms with Gasteiger partial charge in [-0.25, -0.2) is 22.1 Å². The number of morpholine rings is 1. The molecule has 4 heterocycles. The molecule has 0 atom stereocenters. The van der Waals surface area contributed by atoms with Crippen LogP contribution < -0.4 is 10.5 Å². The summed E-state index contributed by atoms with van der Waals surface area (Å²) in [7, 11) is -4.20. The molecule has 0 radical (unpaired) electrons. The first-order valence-corrected chi connectivity index (χ1v) is 16.0. The van der Waals surface area contributed by atoms with E-state index in [1.54, 1.807) is 42.5 Å². The summed E-state index contributed by atoms with van der Waals surface area (Å²) in [6.45, 7) is 6.05. The van der Waals surface area contributed by atoms with Crippen molar-refractivity contribution in [2.24, 2.45) is 0 Å². The van der Waals surface area contributed by atoms with Crippen molar-refractivity contribution in [1.29, 1.82) is 0 Å². The lowest BCUT2D eigenvalue weighted by Gasteiger charge is -2.26. The van der Waals surface area contributed by atoms with E-state index in [2.05, 4.69) is 20.0 Å². The van der Waals surface area contributed by atoms with E-state index >= 15 is 0 Å². The lowest BCUT2D eigenvalue weighted by molar-refractivity contribution is 0.0322. The molecule has 13 heteroatoms. The number of aromatic amines is 1. The zero-order valence-electron chi connectivity index (χ0n) is 24.5. The van der Waals surface area contributed by atoms with Crippen molar-refractivity contribution >= 4 is 43.6 Å². The molecule has 0 bridgehead atoms. The highest BCUT2D eigenvalue weighted by Crippen LogP contribution is 2.31. The highest BCUT2D eigenvalue weighted by molar-refractivity contribution is 7.90. The molecule has 3 N–H and O–H groups in total. The molecule has 230 valence electrons. The van der Waals surface area contributed by atoms with E-state index < -0.39 is 15.8 Å². The average molecular weight is 626 g/mol. The van der Waals surface area contributed by atoms with Crippen LogP contribution in [0.1, 0.15) is 21.9 Å². The van der Waals surface area contributed by atoms with Gasteiger partial charge in [0.15, 0.2) is 0 Å². The Morgan fingerprint density at radius 3 is 2.64 bits per heavy atom. The summed E-state index contributed by atoms with van der Waals surface area (Å²) in [5.74, 6) is 0.756. The molecule has 6 aromatic rings. The molecule has 0 amide bonds. The van der Waals surface area contributed by atoms with Crippen LogP contribution in [0.2, 0.25) is 0 Å². The summed E-state index contributed by atoms with van der Waals surface area (Å²) in [6.07, 6.45) is 1.36. The quantitative estimate of drug-likeness (QED) is 0.229. The second kappa shape index (κ2) is 11.5. The van der Waals surface area contributed by atoms with Crippen LogP contribution in [0.5, 0.6) is 5.75 Å². The molecule has 3 aromatic carbocycles. The number of H-pyrrole nitrogens is 1. The van der Waals surface area contributed by atoms with Gasteiger partial charge in [0.2, 0.25) is 5.78 Å². The van der Waals surface area contributed by atoms with Crippen LogP contribution in [0.3, 0.4) is 0 Å². The summed E-state index contributed by atoms with van der Waals surface area (Å²) in [5, 5.41) is 4.94. The van der Waals surface area contributed by atoms with Gasteiger partial charge in [0.05, 0.1) is 52.1 Å². The lowest BCUT2D eigenvalue weighted by Crippen LogP contribution is -2.38. The zero-order valence-corrected chi connectivity index (χ0v) is 25.3. The number of hydrogen-bond acceptors (Lipinski definition) is 9. The van der Waals surface area contributed by atoms with Gasteiger partial charge < -0.3 is 20.2 Å². The minimum absolute atomic E-state index is 0.0430. The Morgan fingerprint density at radius 2 is 1.84 bits per heavy atom. The summed E-state index contributed by atoms with van der Waals surface area (Å²) in [4.78, 5) is 24.1. The average Bonchev–Trinajstić information content (AvgIpc) is 3.75. The summed E-state index contributed by atoms with van der Waals surface area (Å²) in [6, 6.07) is 20.2. The van der Waals surface area contributed by atoms with E-state index in [4.69, 9.17) is 15.2 Å². The van der Waals surface area contributed by atoms with Crippen molar-refractivity contribution in [2.75, 3.05) is 45.2 Å². The van der Waals surface area contributed by atoms with Gasteiger partial charge in [0, 0.05) is 31.1 Å². The Kier molecular flexibility index (Phi) is 7.36. The fraction of sp³-hybridized carbons (Fsp3) is 0.219. The summed E-state index contributed by atoms with van der Waals surface area (Å²) in [5.41, 5.74) is 9.01. The van der Waals surface area contributed by atoms with E-state index in [9.17, 15) is 13.2 Å². The number of rotatable bonds is 9. The maximum atomic E-state index is 14.1. The number of nitrogens with one attached hydrogen (secondary N) is 1. The van der Waals surface area contributed by atoms with E-state index in [0.29, 0.717) is 48.7 Å². The number of fused-ring (bicyclic) bond motifs is 2. The van der Waals surface area contributed by atoms with Crippen molar-refractivity contribution in [1.82, 2.24) is 28.6 Å². The van der Waals surface area contributed by atoms with Crippen LogP contribution in [0.4, 0.5) is 5.82 Å². The molecule has 3 aromatic heterocycles. The van der Waals surface area contributed by atoms with Gasteiger partial charge in [-0.05, 0) is 55.5 Å². The number of nitrogens with two attached hydrogens (primary N) is 1. The molecule has 12 nitrogen and oxygen atoms in total. The molecule has 1 aliphatic rings. The largest absolute Gasteiger partial charge is 0.492 e. The van der Waals surface area contributed by atoms with Gasteiger partial charge in [0.1, 0.15) is 29.7 Å². The second-order valence-electron chi connectivity index (χ2n) is 10.8. The number of imidazole rings is 1. The SMILES string of the molecule is Cc1nc2cc(-n3ncc(C(=O)c4cc5ccc(OCCN6CCOCC6)cc5n4S(=O)(=O)c4ccccc4)c3N)ccc2[nH]1. The molecule has 0 aliphatic carbocycles. The Balaban J connectivity index is 1.28. The van der Waals surface area contributed by atoms with Crippen molar-refractivity contribution in [2.45, 2.75) is 11.8 Å². The third kappa shape index (κ3) is 5.35. The number of ether oxygens (including phenoxy) is 2. The topological polar surface area (TPSA) is 150 Å². The number of aryl methyl sites for hydroxylation is 1. The highest BCUT2D eigenvalue weighted by Gasteiger charge is 2.29. The first kappa shape index (κ1) is 28.8. The fourth-order valence-corrected chi connectivity index (χ4v) is 7.13. The predicted octanol–water partition coefficient (Wildman–Crippen LogP) is 3.77. The summed E-state index contributed by atoms with van der Waals surface area (Å²) < 4.78 is 42.2. The minimum atomic E-state index is -4.20. The number of carbonyl (C=O) groups is 1. The number of benzene rings is 3. The van der Waals surface area contributed by atoms with Crippen LogP contribution in [0.15, 0.2) is 83.9 Å². The Bertz CT molecular complexity index is 2140. The molecule has 1 aliphatic heterocycles. The van der Waals surface area contributed by atoms with Crippen LogP contribution in [0.25, 0.3) is 27.6 Å². The van der Waals surface area contributed by atoms with Gasteiger partial charge in [-0.2, -0.15) is 5.10 Å². The maximum absolute atomic E-state index is 14.1. The predicted molar refractivity (Wildman–Crippen MR) is 170 cm³/mol. The smallest absolute Gasteiger partial charge is 0.268 e. The van der Waals surface area contributed by atoms with Gasteiger partial charge in [0.25, 0.3) is 10.0 Å². The van der Waals surface area contributed by atoms with E-state index in [0.717, 1.165) is 33.9 Å². The lowest BCUT2D eigenvalue weighted by atomic mass is 10.1. The number of ketones is 1. The zero-order chi connectivity index (χ0) is 31.1. The van der Waals surface area contributed by atoms with E-state index in [1.165, 1.54) is 23.0 Å². The number of nitrogen functional groups attached to an aromatic ring is 1. The van der Waals surface area contributed by atoms with E-state index in [1.807, 2.05) is 25.1 Å². The van der Waals surface area contributed by atoms with Gasteiger partial charge in [-0.15, -0.1) is 0 Å². The molecule has 0 saturated carbocycles. The highest BCUT2D eigenvalue weighted by atomic mass is 32.2. The molecular formula is C32H31N7O5S. The molecule has 0 spiro atoms. The molecule has 7 rings (SSSR count). The Morgan fingerprint density at radius 1 is 1.04 bits per heavy atom. The molecular weight excluding hydrogens is 594 g/mol. The number of aromatic nitrogens is 5. The standard InChI is InChI=1S/C32H31N7O5S/c1-21-35-27-10-8-23(18-28(27)36-21)38-32(33)26(20-34-38)31(40)30-17-22-7-9-24(44-16-13-37-11-14-43-15-12-37)19-29(22)39(30)45(41,42)25-5-3-2-4-6-25/h2-10,17-20H,11-16,33H2,1H3,(H,35,36). The van der Waals surface area contributed by atoms with Gasteiger partial charge >= 0.3 is 0 Å². The summed E-state index contributed by atoms with van der Waals surface area (Å²) >= 11 is 0. The first-order chi connectivity index (χ1) is 21.8. The minimum Gasteiger partial charge on any atom is -0.492 e. The van der Waals surface area contributed by atoms with Crippen LogP contribution in [0, 0.1) is 6.92 Å². The van der Waals surface area contributed by atoms with Crippen LogP contribution >= 0.6 is 0 Å². The number of anilines is 1. The number of hydrogen-bond donors (Lipinski definition) is 2. The maximum Gasteiger partial charge on any atom is 0.268 e. The van der Waals surface area contributed by atoms with E-state index in [-0.39, 0.29) is 22.0 Å². The number of carbonyl (C=O) groups excluding carboxylic acids is 1. The van der Waals surface area contributed by atoms with Crippen molar-refractivity contribution in [3.05, 3.63) is 96.1 Å².